The van der Waals surface area contributed by atoms with E-state index in [4.69, 9.17) is 25.8 Å². The van der Waals surface area contributed by atoms with Crippen molar-refractivity contribution >= 4 is 44.9 Å². The standard InChI is InChI=1S/C27H27ClN2O7S/c1-17-12-18-8-5-6-11-22(18)30(17)26(31)16-37-27(32)19-9-7-10-20(13-19)38(33,34)29(2)23-14-21(28)24(35-3)15-25(23)36-4/h5-11,13-15,17H,12,16H2,1-4H3/t17-/m1/s1. The minimum atomic E-state index is -4.13. The Morgan fingerprint density at radius 2 is 1.74 bits per heavy atom. The highest BCUT2D eigenvalue weighted by Gasteiger charge is 2.31. The predicted octanol–water partition coefficient (Wildman–Crippen LogP) is 4.32. The van der Waals surface area contributed by atoms with Crippen molar-refractivity contribution in [2.24, 2.45) is 0 Å². The summed E-state index contributed by atoms with van der Waals surface area (Å²) in [6.45, 7) is 1.45. The molecule has 4 rings (SSSR count). The van der Waals surface area contributed by atoms with Crippen molar-refractivity contribution in [3.8, 4) is 11.5 Å². The zero-order valence-electron chi connectivity index (χ0n) is 21.3. The molecule has 0 radical (unpaired) electrons. The molecule has 0 aliphatic carbocycles. The number of sulfonamides is 1. The number of benzene rings is 3. The number of fused-ring (bicyclic) bond motifs is 1. The van der Waals surface area contributed by atoms with Gasteiger partial charge in [-0.2, -0.15) is 0 Å². The maximum atomic E-state index is 13.4. The number of esters is 1. The van der Waals surface area contributed by atoms with Gasteiger partial charge in [-0.1, -0.05) is 35.9 Å². The summed E-state index contributed by atoms with van der Waals surface area (Å²) in [6, 6.07) is 15.8. The van der Waals surface area contributed by atoms with Crippen LogP contribution < -0.4 is 18.7 Å². The Kier molecular flexibility index (Phi) is 7.84. The molecule has 11 heteroatoms. The molecule has 200 valence electrons. The van der Waals surface area contributed by atoms with E-state index in [1.165, 1.54) is 57.7 Å². The number of hydrogen-bond donors (Lipinski definition) is 0. The lowest BCUT2D eigenvalue weighted by Gasteiger charge is -2.23. The smallest absolute Gasteiger partial charge is 0.338 e. The second-order valence-electron chi connectivity index (χ2n) is 8.68. The highest BCUT2D eigenvalue weighted by atomic mass is 35.5. The van der Waals surface area contributed by atoms with Crippen molar-refractivity contribution in [1.82, 2.24) is 0 Å². The molecule has 0 bridgehead atoms. The molecule has 1 aliphatic rings. The first kappa shape index (κ1) is 27.3. The predicted molar refractivity (Wildman–Crippen MR) is 144 cm³/mol. The van der Waals surface area contributed by atoms with E-state index in [0.29, 0.717) is 12.2 Å². The highest BCUT2D eigenvalue weighted by Crippen LogP contribution is 2.39. The lowest BCUT2D eigenvalue weighted by atomic mass is 10.1. The molecule has 1 amide bonds. The van der Waals surface area contributed by atoms with E-state index >= 15 is 0 Å². The number of carbonyl (C=O) groups excluding carboxylic acids is 2. The van der Waals surface area contributed by atoms with Crippen molar-refractivity contribution in [2.75, 3.05) is 37.1 Å². The van der Waals surface area contributed by atoms with Crippen LogP contribution in [0.15, 0.2) is 65.6 Å². The number of hydrogen-bond acceptors (Lipinski definition) is 7. The van der Waals surface area contributed by atoms with Gasteiger partial charge in [0.2, 0.25) is 0 Å². The highest BCUT2D eigenvalue weighted by molar-refractivity contribution is 7.92. The van der Waals surface area contributed by atoms with Gasteiger partial charge in [0.1, 0.15) is 11.5 Å². The molecule has 0 spiro atoms. The number of nitrogens with zero attached hydrogens (tertiary/aromatic N) is 2. The van der Waals surface area contributed by atoms with Crippen LogP contribution in [0.1, 0.15) is 22.8 Å². The van der Waals surface area contributed by atoms with Gasteiger partial charge in [0.15, 0.2) is 6.61 Å². The third kappa shape index (κ3) is 5.14. The molecule has 0 saturated carbocycles. The van der Waals surface area contributed by atoms with Crippen LogP contribution >= 0.6 is 11.6 Å². The summed E-state index contributed by atoms with van der Waals surface area (Å²) in [5.41, 5.74) is 2.02. The first-order chi connectivity index (χ1) is 18.1. The zero-order valence-corrected chi connectivity index (χ0v) is 22.9. The fourth-order valence-electron chi connectivity index (χ4n) is 4.39. The van der Waals surface area contributed by atoms with Crippen molar-refractivity contribution < 1.29 is 32.2 Å². The van der Waals surface area contributed by atoms with Gasteiger partial charge < -0.3 is 19.1 Å². The normalized spacial score (nSPS) is 14.6. The number of carbonyl (C=O) groups is 2. The lowest BCUT2D eigenvalue weighted by Crippen LogP contribution is -2.38. The Labute approximate surface area is 226 Å². The third-order valence-electron chi connectivity index (χ3n) is 6.32. The molecule has 3 aromatic rings. The van der Waals surface area contributed by atoms with Gasteiger partial charge in [0.05, 0.1) is 35.4 Å². The summed E-state index contributed by atoms with van der Waals surface area (Å²) in [5, 5.41) is 0.197. The number of anilines is 2. The first-order valence-corrected chi connectivity index (χ1v) is 13.5. The third-order valence-corrected chi connectivity index (χ3v) is 8.39. The summed E-state index contributed by atoms with van der Waals surface area (Å²) in [4.78, 5) is 27.1. The van der Waals surface area contributed by atoms with Gasteiger partial charge in [-0.3, -0.25) is 9.10 Å². The monoisotopic (exact) mass is 558 g/mol. The van der Waals surface area contributed by atoms with E-state index in [1.807, 2.05) is 31.2 Å². The zero-order chi connectivity index (χ0) is 27.6. The summed E-state index contributed by atoms with van der Waals surface area (Å²) >= 11 is 6.22. The van der Waals surface area contributed by atoms with Crippen molar-refractivity contribution in [3.05, 3.63) is 76.8 Å². The molecular weight excluding hydrogens is 532 g/mol. The molecule has 0 aromatic heterocycles. The quantitative estimate of drug-likeness (QED) is 0.379. The molecule has 0 fully saturated rings. The maximum Gasteiger partial charge on any atom is 0.338 e. The fraction of sp³-hybridized carbons (Fsp3) is 0.259. The van der Waals surface area contributed by atoms with Crippen LogP contribution in [0.2, 0.25) is 5.02 Å². The number of rotatable bonds is 8. The lowest BCUT2D eigenvalue weighted by molar-refractivity contribution is -0.122. The molecule has 1 atom stereocenters. The van der Waals surface area contributed by atoms with E-state index in [9.17, 15) is 18.0 Å². The fourth-order valence-corrected chi connectivity index (χ4v) is 5.87. The second kappa shape index (κ2) is 10.9. The number of methoxy groups -OCH3 is 2. The second-order valence-corrected chi connectivity index (χ2v) is 11.1. The Bertz CT molecular complexity index is 1490. The maximum absolute atomic E-state index is 13.4. The number of halogens is 1. The molecule has 0 saturated heterocycles. The van der Waals surface area contributed by atoms with Gasteiger partial charge in [-0.15, -0.1) is 0 Å². The molecule has 9 nitrogen and oxygen atoms in total. The molecular formula is C27H27ClN2O7S. The number of ether oxygens (including phenoxy) is 3. The molecule has 0 unspecified atom stereocenters. The van der Waals surface area contributed by atoms with E-state index in [0.717, 1.165) is 15.6 Å². The van der Waals surface area contributed by atoms with Crippen molar-refractivity contribution in [2.45, 2.75) is 24.3 Å². The van der Waals surface area contributed by atoms with Crippen molar-refractivity contribution in [1.29, 1.82) is 0 Å². The Morgan fingerprint density at radius 1 is 1.03 bits per heavy atom. The SMILES string of the molecule is COc1cc(OC)c(N(C)S(=O)(=O)c2cccc(C(=O)OCC(=O)N3c4ccccc4C[C@H]3C)c2)cc1Cl. The molecule has 0 N–H and O–H groups in total. The summed E-state index contributed by atoms with van der Waals surface area (Å²) < 4.78 is 43.6. The van der Waals surface area contributed by atoms with Gasteiger partial charge >= 0.3 is 5.97 Å². The van der Waals surface area contributed by atoms with Crippen LogP contribution in [0.25, 0.3) is 0 Å². The molecule has 1 heterocycles. The number of para-hydroxylation sites is 1. The first-order valence-electron chi connectivity index (χ1n) is 11.7. The summed E-state index contributed by atoms with van der Waals surface area (Å²) in [5.74, 6) is -0.626. The summed E-state index contributed by atoms with van der Waals surface area (Å²) in [6.07, 6.45) is 0.716. The minimum absolute atomic E-state index is 0.0122. The van der Waals surface area contributed by atoms with Crippen LogP contribution in [0.4, 0.5) is 11.4 Å². The summed E-state index contributed by atoms with van der Waals surface area (Å²) in [7, 11) is 0.0398. The van der Waals surface area contributed by atoms with E-state index in [-0.39, 0.29) is 38.9 Å². The topological polar surface area (TPSA) is 102 Å². The molecule has 38 heavy (non-hydrogen) atoms. The van der Waals surface area contributed by atoms with Crippen LogP contribution in [0.3, 0.4) is 0 Å². The van der Waals surface area contributed by atoms with E-state index in [1.54, 1.807) is 4.90 Å². The van der Waals surface area contributed by atoms with Gasteiger partial charge in [-0.05, 0) is 49.2 Å². The largest absolute Gasteiger partial charge is 0.495 e. The average molecular weight is 559 g/mol. The van der Waals surface area contributed by atoms with Crippen molar-refractivity contribution in [3.63, 3.8) is 0 Å². The van der Waals surface area contributed by atoms with Crippen LogP contribution in [-0.4, -0.2) is 54.2 Å². The van der Waals surface area contributed by atoms with Crippen LogP contribution in [0, 0.1) is 0 Å². The Balaban J connectivity index is 1.52. The van der Waals surface area contributed by atoms with E-state index < -0.39 is 22.6 Å². The minimum Gasteiger partial charge on any atom is -0.495 e. The van der Waals surface area contributed by atoms with Gasteiger partial charge in [-0.25, -0.2) is 13.2 Å². The van der Waals surface area contributed by atoms with Gasteiger partial charge in [0.25, 0.3) is 15.9 Å². The molecule has 3 aromatic carbocycles. The van der Waals surface area contributed by atoms with Crippen LogP contribution in [-0.2, 0) is 26.0 Å². The average Bonchev–Trinajstić information content (AvgIpc) is 3.26. The Morgan fingerprint density at radius 3 is 2.45 bits per heavy atom. The van der Waals surface area contributed by atoms with Gasteiger partial charge in [0, 0.05) is 24.8 Å². The number of amides is 1. The molecule has 1 aliphatic heterocycles. The van der Waals surface area contributed by atoms with Crippen LogP contribution in [0.5, 0.6) is 11.5 Å². The van der Waals surface area contributed by atoms with E-state index in [2.05, 4.69) is 0 Å². The Hall–Kier alpha value is -3.76.